The maximum Gasteiger partial charge on any atom is 0.226 e. The SMILES string of the molecule is Cc1ncnc(N[C@H]2CCc3ccccc32)n1. The molecular formula is C13H14N4. The molecule has 86 valence electrons. The highest BCUT2D eigenvalue weighted by Gasteiger charge is 2.22. The zero-order valence-corrected chi connectivity index (χ0v) is 9.72. The average molecular weight is 226 g/mol. The number of nitrogens with zero attached hydrogens (tertiary/aromatic N) is 3. The summed E-state index contributed by atoms with van der Waals surface area (Å²) in [6.45, 7) is 1.87. The lowest BCUT2D eigenvalue weighted by Gasteiger charge is -2.13. The van der Waals surface area contributed by atoms with Crippen LogP contribution in [0.3, 0.4) is 0 Å². The summed E-state index contributed by atoms with van der Waals surface area (Å²) in [5.41, 5.74) is 2.79. The fraction of sp³-hybridized carbons (Fsp3) is 0.308. The molecule has 1 aromatic heterocycles. The number of anilines is 1. The van der Waals surface area contributed by atoms with E-state index in [2.05, 4.69) is 44.5 Å². The van der Waals surface area contributed by atoms with E-state index in [9.17, 15) is 0 Å². The maximum atomic E-state index is 4.28. The first-order valence-corrected chi connectivity index (χ1v) is 5.83. The second-order valence-electron chi connectivity index (χ2n) is 4.29. The largest absolute Gasteiger partial charge is 0.347 e. The van der Waals surface area contributed by atoms with Crippen molar-refractivity contribution in [3.8, 4) is 0 Å². The van der Waals surface area contributed by atoms with Gasteiger partial charge in [0.25, 0.3) is 0 Å². The van der Waals surface area contributed by atoms with Crippen molar-refractivity contribution in [3.63, 3.8) is 0 Å². The molecular weight excluding hydrogens is 212 g/mol. The van der Waals surface area contributed by atoms with E-state index < -0.39 is 0 Å². The summed E-state index contributed by atoms with van der Waals surface area (Å²) in [6, 6.07) is 8.86. The summed E-state index contributed by atoms with van der Waals surface area (Å²) >= 11 is 0. The van der Waals surface area contributed by atoms with Crippen LogP contribution in [-0.4, -0.2) is 15.0 Å². The monoisotopic (exact) mass is 226 g/mol. The first-order valence-electron chi connectivity index (χ1n) is 5.83. The topological polar surface area (TPSA) is 50.7 Å². The number of hydrogen-bond donors (Lipinski definition) is 1. The summed E-state index contributed by atoms with van der Waals surface area (Å²) in [5, 5.41) is 3.38. The van der Waals surface area contributed by atoms with Gasteiger partial charge in [-0.1, -0.05) is 24.3 Å². The van der Waals surface area contributed by atoms with Gasteiger partial charge in [-0.3, -0.25) is 0 Å². The lowest BCUT2D eigenvalue weighted by Crippen LogP contribution is -2.10. The van der Waals surface area contributed by atoms with Gasteiger partial charge in [0.05, 0.1) is 6.04 Å². The van der Waals surface area contributed by atoms with E-state index in [1.807, 2.05) is 6.92 Å². The average Bonchev–Trinajstić information content (AvgIpc) is 2.73. The second-order valence-corrected chi connectivity index (χ2v) is 4.29. The minimum absolute atomic E-state index is 0.327. The third kappa shape index (κ3) is 1.98. The van der Waals surface area contributed by atoms with E-state index in [-0.39, 0.29) is 0 Å². The van der Waals surface area contributed by atoms with Gasteiger partial charge in [0.15, 0.2) is 0 Å². The first-order chi connectivity index (χ1) is 8.33. The minimum atomic E-state index is 0.327. The molecule has 4 nitrogen and oxygen atoms in total. The van der Waals surface area contributed by atoms with Gasteiger partial charge in [-0.25, -0.2) is 9.97 Å². The Kier molecular flexibility index (Phi) is 2.48. The molecule has 0 saturated heterocycles. The third-order valence-corrected chi connectivity index (χ3v) is 3.13. The number of aryl methyl sites for hydroxylation is 2. The molecule has 2 aromatic rings. The van der Waals surface area contributed by atoms with E-state index in [1.54, 1.807) is 6.33 Å². The summed E-state index contributed by atoms with van der Waals surface area (Å²) in [7, 11) is 0. The Morgan fingerprint density at radius 3 is 3.00 bits per heavy atom. The van der Waals surface area contributed by atoms with Crippen LogP contribution >= 0.6 is 0 Å². The van der Waals surface area contributed by atoms with Gasteiger partial charge in [-0.05, 0) is 30.9 Å². The number of benzene rings is 1. The maximum absolute atomic E-state index is 4.28. The van der Waals surface area contributed by atoms with Crippen molar-refractivity contribution in [3.05, 3.63) is 47.5 Å². The molecule has 0 bridgehead atoms. The van der Waals surface area contributed by atoms with Crippen molar-refractivity contribution < 1.29 is 0 Å². The number of rotatable bonds is 2. The van der Waals surface area contributed by atoms with Crippen LogP contribution in [0.15, 0.2) is 30.6 Å². The van der Waals surface area contributed by atoms with Gasteiger partial charge in [0.1, 0.15) is 12.2 Å². The highest BCUT2D eigenvalue weighted by atomic mass is 15.2. The Hall–Kier alpha value is -1.97. The van der Waals surface area contributed by atoms with Crippen LogP contribution in [0, 0.1) is 6.92 Å². The molecule has 3 rings (SSSR count). The van der Waals surface area contributed by atoms with Crippen molar-refractivity contribution in [2.75, 3.05) is 5.32 Å². The van der Waals surface area contributed by atoms with Gasteiger partial charge >= 0.3 is 0 Å². The lowest BCUT2D eigenvalue weighted by molar-refractivity contribution is 0.746. The Labute approximate surface area is 100 Å². The van der Waals surface area contributed by atoms with E-state index in [4.69, 9.17) is 0 Å². The van der Waals surface area contributed by atoms with Gasteiger partial charge < -0.3 is 5.32 Å². The summed E-state index contributed by atoms with van der Waals surface area (Å²) < 4.78 is 0. The van der Waals surface area contributed by atoms with Gasteiger partial charge in [0, 0.05) is 0 Å². The minimum Gasteiger partial charge on any atom is -0.347 e. The first kappa shape index (κ1) is 10.2. The molecule has 17 heavy (non-hydrogen) atoms. The predicted molar refractivity (Wildman–Crippen MR) is 65.7 cm³/mol. The normalized spacial score (nSPS) is 17.8. The molecule has 0 radical (unpaired) electrons. The molecule has 0 saturated carbocycles. The smallest absolute Gasteiger partial charge is 0.226 e. The molecule has 0 aliphatic heterocycles. The van der Waals surface area contributed by atoms with Crippen molar-refractivity contribution in [1.82, 2.24) is 15.0 Å². The number of nitrogens with one attached hydrogen (secondary N) is 1. The van der Waals surface area contributed by atoms with E-state index in [1.165, 1.54) is 11.1 Å². The van der Waals surface area contributed by atoms with E-state index >= 15 is 0 Å². The van der Waals surface area contributed by atoms with E-state index in [0.29, 0.717) is 12.0 Å². The fourth-order valence-corrected chi connectivity index (χ4v) is 2.31. The van der Waals surface area contributed by atoms with Crippen LogP contribution in [0.2, 0.25) is 0 Å². The molecule has 4 heteroatoms. The zero-order valence-electron chi connectivity index (χ0n) is 9.72. The van der Waals surface area contributed by atoms with Crippen LogP contribution < -0.4 is 5.32 Å². The molecule has 1 heterocycles. The van der Waals surface area contributed by atoms with Crippen LogP contribution in [0.25, 0.3) is 0 Å². The summed E-state index contributed by atoms with van der Waals surface area (Å²) in [4.78, 5) is 12.4. The van der Waals surface area contributed by atoms with Crippen molar-refractivity contribution in [1.29, 1.82) is 0 Å². The molecule has 1 N–H and O–H groups in total. The second kappa shape index (κ2) is 4.13. The van der Waals surface area contributed by atoms with E-state index in [0.717, 1.165) is 18.7 Å². The molecule has 0 fully saturated rings. The molecule has 1 aromatic carbocycles. The van der Waals surface area contributed by atoms with Crippen molar-refractivity contribution >= 4 is 5.95 Å². The van der Waals surface area contributed by atoms with Gasteiger partial charge in [-0.2, -0.15) is 4.98 Å². The highest BCUT2D eigenvalue weighted by molar-refractivity contribution is 5.40. The van der Waals surface area contributed by atoms with Crippen LogP contribution in [0.5, 0.6) is 0 Å². The number of fused-ring (bicyclic) bond motifs is 1. The molecule has 1 aliphatic carbocycles. The Morgan fingerprint density at radius 2 is 2.12 bits per heavy atom. The number of aromatic nitrogens is 3. The Bertz CT molecular complexity index is 538. The summed E-state index contributed by atoms with van der Waals surface area (Å²) in [5.74, 6) is 1.41. The van der Waals surface area contributed by atoms with Crippen molar-refractivity contribution in [2.45, 2.75) is 25.8 Å². The lowest BCUT2D eigenvalue weighted by atomic mass is 10.1. The van der Waals surface area contributed by atoms with Gasteiger partial charge in [0.2, 0.25) is 5.95 Å². The standard InChI is InChI=1S/C13H14N4/c1-9-14-8-15-13(16-9)17-12-7-6-10-4-2-3-5-11(10)12/h2-5,8,12H,6-7H2,1H3,(H,14,15,16,17)/t12-/m0/s1. The van der Waals surface area contributed by atoms with Crippen LogP contribution in [0.4, 0.5) is 5.95 Å². The molecule has 0 unspecified atom stereocenters. The predicted octanol–water partition coefficient (Wildman–Crippen LogP) is 2.28. The molecule has 0 amide bonds. The van der Waals surface area contributed by atoms with Gasteiger partial charge in [-0.15, -0.1) is 0 Å². The summed E-state index contributed by atoms with van der Waals surface area (Å²) in [6.07, 6.45) is 3.77. The zero-order chi connectivity index (χ0) is 11.7. The van der Waals surface area contributed by atoms with Crippen LogP contribution in [0.1, 0.15) is 29.4 Å². The fourth-order valence-electron chi connectivity index (χ4n) is 2.31. The molecule has 1 atom stereocenters. The number of hydrogen-bond acceptors (Lipinski definition) is 4. The molecule has 1 aliphatic rings. The Balaban J connectivity index is 1.84. The highest BCUT2D eigenvalue weighted by Crippen LogP contribution is 2.32. The molecule has 0 spiro atoms. The third-order valence-electron chi connectivity index (χ3n) is 3.13. The van der Waals surface area contributed by atoms with Crippen LogP contribution in [-0.2, 0) is 6.42 Å². The quantitative estimate of drug-likeness (QED) is 0.853. The Morgan fingerprint density at radius 1 is 1.24 bits per heavy atom. The van der Waals surface area contributed by atoms with Crippen molar-refractivity contribution in [2.24, 2.45) is 0 Å².